The van der Waals surface area contributed by atoms with Gasteiger partial charge in [0.15, 0.2) is 0 Å². The van der Waals surface area contributed by atoms with Crippen LogP contribution in [0.5, 0.6) is 5.75 Å². The molecular formula is C17H22ClN5O2S. The minimum atomic E-state index is -0.394. The summed E-state index contributed by atoms with van der Waals surface area (Å²) in [6, 6.07) is 5.27. The second-order valence-electron chi connectivity index (χ2n) is 6.54. The summed E-state index contributed by atoms with van der Waals surface area (Å²) < 4.78 is 7.03. The Labute approximate surface area is 161 Å². The Balaban J connectivity index is 1.94. The molecule has 1 aliphatic rings. The van der Waals surface area contributed by atoms with Crippen LogP contribution >= 0.6 is 23.4 Å². The minimum absolute atomic E-state index is 0.0416. The number of ether oxygens (including phenoxy) is 1. The number of rotatable bonds is 5. The molecule has 0 saturated heterocycles. The number of hydrogen-bond acceptors (Lipinski definition) is 6. The van der Waals surface area contributed by atoms with E-state index in [1.807, 2.05) is 25.1 Å². The number of carbonyl (C=O) groups excluding carboxylic acids is 1. The first-order valence-corrected chi connectivity index (χ1v) is 9.62. The van der Waals surface area contributed by atoms with E-state index in [0.29, 0.717) is 28.4 Å². The molecule has 9 heteroatoms. The monoisotopic (exact) mass is 395 g/mol. The number of fused-ring (bicyclic) bond motifs is 1. The number of nitrogens with one attached hydrogen (secondary N) is 2. The maximum atomic E-state index is 12.8. The van der Waals surface area contributed by atoms with Crippen LogP contribution in [0.3, 0.4) is 0 Å². The number of halogens is 1. The second-order valence-corrected chi connectivity index (χ2v) is 8.06. The van der Waals surface area contributed by atoms with Crippen LogP contribution in [0.25, 0.3) is 0 Å². The molecule has 26 heavy (non-hydrogen) atoms. The van der Waals surface area contributed by atoms with E-state index in [0.717, 1.165) is 11.4 Å². The predicted octanol–water partition coefficient (Wildman–Crippen LogP) is 2.78. The molecule has 0 saturated carbocycles. The van der Waals surface area contributed by atoms with E-state index >= 15 is 0 Å². The standard InChI is InChI=1S/C17H22ClN5O2S/c1-9(2)8-19-16(24)15-14(11-5-6-13(25-4)12(18)7-11)22-23-10(3)20-21-17(23)26-15/h5-7,9,14-15,22H,8H2,1-4H3,(H,19,24)/t14-,15-/m1/s1. The normalized spacial score (nSPS) is 19.0. The number of aryl methyl sites for hydroxylation is 1. The molecular weight excluding hydrogens is 374 g/mol. The zero-order valence-corrected chi connectivity index (χ0v) is 16.7. The van der Waals surface area contributed by atoms with Gasteiger partial charge in [0.05, 0.1) is 18.2 Å². The Kier molecular flexibility index (Phi) is 5.62. The molecule has 0 radical (unpaired) electrons. The fourth-order valence-corrected chi connectivity index (χ4v) is 4.11. The van der Waals surface area contributed by atoms with Gasteiger partial charge in [-0.05, 0) is 30.5 Å². The summed E-state index contributed by atoms with van der Waals surface area (Å²) in [5.41, 5.74) is 4.25. The van der Waals surface area contributed by atoms with Gasteiger partial charge in [-0.25, -0.2) is 4.68 Å². The predicted molar refractivity (Wildman–Crippen MR) is 102 cm³/mol. The third-order valence-corrected chi connectivity index (χ3v) is 5.59. The molecule has 0 spiro atoms. The fourth-order valence-electron chi connectivity index (χ4n) is 2.69. The van der Waals surface area contributed by atoms with Gasteiger partial charge in [0, 0.05) is 6.54 Å². The Morgan fingerprint density at radius 1 is 1.46 bits per heavy atom. The molecule has 2 atom stereocenters. The van der Waals surface area contributed by atoms with Gasteiger partial charge in [-0.3, -0.25) is 4.79 Å². The number of nitrogens with zero attached hydrogens (tertiary/aromatic N) is 3. The van der Waals surface area contributed by atoms with E-state index in [1.54, 1.807) is 11.8 Å². The largest absolute Gasteiger partial charge is 0.495 e. The lowest BCUT2D eigenvalue weighted by Crippen LogP contribution is -2.45. The fraction of sp³-hybridized carbons (Fsp3) is 0.471. The Morgan fingerprint density at radius 2 is 2.23 bits per heavy atom. The molecule has 2 heterocycles. The molecule has 2 aromatic rings. The zero-order valence-electron chi connectivity index (χ0n) is 15.1. The number of aromatic nitrogens is 3. The van der Waals surface area contributed by atoms with Crippen LogP contribution in [0.2, 0.25) is 5.02 Å². The van der Waals surface area contributed by atoms with E-state index in [4.69, 9.17) is 16.3 Å². The van der Waals surface area contributed by atoms with Gasteiger partial charge < -0.3 is 15.5 Å². The highest BCUT2D eigenvalue weighted by atomic mass is 35.5. The van der Waals surface area contributed by atoms with Gasteiger partial charge in [-0.2, -0.15) is 0 Å². The summed E-state index contributed by atoms with van der Waals surface area (Å²) in [5, 5.41) is 12.0. The van der Waals surface area contributed by atoms with Crippen molar-refractivity contribution < 1.29 is 9.53 Å². The van der Waals surface area contributed by atoms with E-state index in [-0.39, 0.29) is 11.9 Å². The summed E-state index contributed by atoms with van der Waals surface area (Å²) >= 11 is 7.69. The first-order valence-electron chi connectivity index (χ1n) is 8.37. The highest BCUT2D eigenvalue weighted by molar-refractivity contribution is 8.00. The summed E-state index contributed by atoms with van der Waals surface area (Å²) in [7, 11) is 1.57. The van der Waals surface area contributed by atoms with Crippen LogP contribution in [0.4, 0.5) is 0 Å². The maximum absolute atomic E-state index is 12.8. The molecule has 0 aliphatic carbocycles. The molecule has 0 bridgehead atoms. The lowest BCUT2D eigenvalue weighted by atomic mass is 10.0. The molecule has 7 nitrogen and oxygen atoms in total. The van der Waals surface area contributed by atoms with Crippen molar-refractivity contribution in [3.05, 3.63) is 34.6 Å². The quantitative estimate of drug-likeness (QED) is 0.810. The first kappa shape index (κ1) is 18.8. The minimum Gasteiger partial charge on any atom is -0.495 e. The van der Waals surface area contributed by atoms with Gasteiger partial charge in [-0.15, -0.1) is 10.2 Å². The van der Waals surface area contributed by atoms with Crippen LogP contribution in [0, 0.1) is 12.8 Å². The van der Waals surface area contributed by atoms with Crippen molar-refractivity contribution in [2.24, 2.45) is 5.92 Å². The van der Waals surface area contributed by atoms with Gasteiger partial charge in [0.25, 0.3) is 0 Å². The highest BCUT2D eigenvalue weighted by Crippen LogP contribution is 2.38. The van der Waals surface area contributed by atoms with Gasteiger partial charge in [0.1, 0.15) is 16.8 Å². The number of methoxy groups -OCH3 is 1. The van der Waals surface area contributed by atoms with Crippen LogP contribution in [-0.2, 0) is 4.79 Å². The smallest absolute Gasteiger partial charge is 0.236 e. The maximum Gasteiger partial charge on any atom is 0.236 e. The molecule has 0 unspecified atom stereocenters. The van der Waals surface area contributed by atoms with E-state index in [1.165, 1.54) is 11.8 Å². The molecule has 1 amide bonds. The topological polar surface area (TPSA) is 81.1 Å². The van der Waals surface area contributed by atoms with Gasteiger partial charge >= 0.3 is 0 Å². The van der Waals surface area contributed by atoms with Gasteiger partial charge in [-0.1, -0.05) is 43.3 Å². The summed E-state index contributed by atoms with van der Waals surface area (Å²) in [5.74, 6) is 1.67. The van der Waals surface area contributed by atoms with Crippen molar-refractivity contribution in [2.45, 2.75) is 37.2 Å². The molecule has 1 aromatic heterocycles. The molecule has 1 aliphatic heterocycles. The average Bonchev–Trinajstić information content (AvgIpc) is 2.98. The number of thioether (sulfide) groups is 1. The number of carbonyl (C=O) groups is 1. The SMILES string of the molecule is COc1ccc([C@H]2Nn3c(C)nnc3S[C@H]2C(=O)NCC(C)C)cc1Cl. The Hall–Kier alpha value is -1.93. The summed E-state index contributed by atoms with van der Waals surface area (Å²) in [4.78, 5) is 12.8. The molecule has 2 N–H and O–H groups in total. The van der Waals surface area contributed by atoms with Crippen molar-refractivity contribution in [1.29, 1.82) is 0 Å². The lowest BCUT2D eigenvalue weighted by Gasteiger charge is -2.33. The molecule has 3 rings (SSSR count). The lowest BCUT2D eigenvalue weighted by molar-refractivity contribution is -0.121. The summed E-state index contributed by atoms with van der Waals surface area (Å²) in [6.07, 6.45) is 0. The van der Waals surface area contributed by atoms with Crippen molar-refractivity contribution >= 4 is 29.3 Å². The number of amides is 1. The van der Waals surface area contributed by atoms with Crippen molar-refractivity contribution in [3.8, 4) is 5.75 Å². The van der Waals surface area contributed by atoms with Crippen molar-refractivity contribution in [3.63, 3.8) is 0 Å². The second kappa shape index (κ2) is 7.75. The van der Waals surface area contributed by atoms with Crippen LogP contribution in [-0.4, -0.2) is 39.7 Å². The molecule has 140 valence electrons. The third-order valence-electron chi connectivity index (χ3n) is 4.08. The van der Waals surface area contributed by atoms with E-state index < -0.39 is 5.25 Å². The van der Waals surface area contributed by atoms with Crippen LogP contribution in [0.15, 0.2) is 23.4 Å². The number of benzene rings is 1. The summed E-state index contributed by atoms with van der Waals surface area (Å²) in [6.45, 7) is 6.61. The average molecular weight is 396 g/mol. The van der Waals surface area contributed by atoms with Crippen LogP contribution < -0.4 is 15.5 Å². The van der Waals surface area contributed by atoms with Crippen molar-refractivity contribution in [1.82, 2.24) is 20.2 Å². The van der Waals surface area contributed by atoms with Crippen LogP contribution in [0.1, 0.15) is 31.3 Å². The first-order chi connectivity index (χ1) is 12.4. The Bertz CT molecular complexity index is 810. The van der Waals surface area contributed by atoms with E-state index in [2.05, 4.69) is 34.8 Å². The van der Waals surface area contributed by atoms with Gasteiger partial charge in [0.2, 0.25) is 11.1 Å². The number of hydrogen-bond donors (Lipinski definition) is 2. The zero-order chi connectivity index (χ0) is 18.8. The van der Waals surface area contributed by atoms with E-state index in [9.17, 15) is 4.79 Å². The Morgan fingerprint density at radius 3 is 2.88 bits per heavy atom. The molecule has 1 aromatic carbocycles. The molecule has 0 fully saturated rings. The van der Waals surface area contributed by atoms with Crippen molar-refractivity contribution in [2.75, 3.05) is 19.1 Å². The third kappa shape index (κ3) is 3.76. The highest BCUT2D eigenvalue weighted by Gasteiger charge is 2.37.